The Morgan fingerprint density at radius 2 is 2.21 bits per heavy atom. The molecule has 2 amide bonds. The number of urea groups is 1. The molecule has 2 saturated heterocycles. The molecule has 1 aromatic rings. The van der Waals surface area contributed by atoms with E-state index in [0.717, 1.165) is 37.9 Å². The molecule has 9 nitrogen and oxygen atoms in total. The molecule has 9 heteroatoms. The minimum atomic E-state index is -0.938. The molecule has 0 spiro atoms. The van der Waals surface area contributed by atoms with Crippen molar-refractivity contribution in [1.82, 2.24) is 25.4 Å². The number of carboxylic acid groups (broad SMARTS) is 1. The molecule has 2 fully saturated rings. The van der Waals surface area contributed by atoms with Crippen molar-refractivity contribution in [3.8, 4) is 5.75 Å². The second-order valence-electron chi connectivity index (χ2n) is 9.06. The van der Waals surface area contributed by atoms with Gasteiger partial charge in [0, 0.05) is 37.9 Å². The number of nitrogens with one attached hydrogen (secondary N) is 2. The summed E-state index contributed by atoms with van der Waals surface area (Å²) in [5.74, 6) is -0.240. The van der Waals surface area contributed by atoms with Gasteiger partial charge in [-0.15, -0.1) is 0 Å². The van der Waals surface area contributed by atoms with E-state index in [1.807, 2.05) is 11.0 Å². The molecule has 0 aromatic carbocycles. The fraction of sp³-hybridized carbons (Fsp3) is 0.542. The Kier molecular flexibility index (Phi) is 6.22. The quantitative estimate of drug-likeness (QED) is 0.554. The summed E-state index contributed by atoms with van der Waals surface area (Å²) in [7, 11) is 0. The molecule has 0 aliphatic carbocycles. The van der Waals surface area contributed by atoms with E-state index in [1.54, 1.807) is 11.1 Å². The van der Waals surface area contributed by atoms with Gasteiger partial charge in [0.25, 0.3) is 0 Å². The fourth-order valence-corrected chi connectivity index (χ4v) is 5.11. The second-order valence-corrected chi connectivity index (χ2v) is 9.06. The molecule has 0 saturated carbocycles. The van der Waals surface area contributed by atoms with Gasteiger partial charge in [-0.3, -0.25) is 15.1 Å². The maximum Gasteiger partial charge on any atom is 0.320 e. The van der Waals surface area contributed by atoms with Gasteiger partial charge in [-0.1, -0.05) is 6.08 Å². The lowest BCUT2D eigenvalue weighted by atomic mass is 9.99. The van der Waals surface area contributed by atoms with Gasteiger partial charge < -0.3 is 25.0 Å². The Morgan fingerprint density at radius 3 is 3.09 bits per heavy atom. The molecule has 3 N–H and O–H groups in total. The summed E-state index contributed by atoms with van der Waals surface area (Å²) >= 11 is 0. The second kappa shape index (κ2) is 9.43. The number of rotatable bonds is 8. The summed E-state index contributed by atoms with van der Waals surface area (Å²) in [4.78, 5) is 32.7. The van der Waals surface area contributed by atoms with Crippen LogP contribution in [-0.2, 0) is 11.2 Å². The topological polar surface area (TPSA) is 107 Å². The van der Waals surface area contributed by atoms with Crippen LogP contribution in [0.3, 0.4) is 0 Å². The molecule has 176 valence electrons. The van der Waals surface area contributed by atoms with Crippen LogP contribution >= 0.6 is 0 Å². The maximum atomic E-state index is 13.2. The Labute approximate surface area is 193 Å². The van der Waals surface area contributed by atoms with Crippen LogP contribution in [0.2, 0.25) is 0 Å². The number of ether oxygens (including phenoxy) is 1. The number of carboxylic acids is 1. The van der Waals surface area contributed by atoms with Gasteiger partial charge in [-0.2, -0.15) is 0 Å². The number of hydrogen-bond donors (Lipinski definition) is 3. The lowest BCUT2D eigenvalue weighted by Gasteiger charge is -2.32. The Morgan fingerprint density at radius 1 is 1.30 bits per heavy atom. The highest BCUT2D eigenvalue weighted by Gasteiger charge is 2.36. The van der Waals surface area contributed by atoms with Crippen LogP contribution in [0.25, 0.3) is 0 Å². The normalized spacial score (nSPS) is 22.7. The van der Waals surface area contributed by atoms with E-state index < -0.39 is 12.0 Å². The first-order chi connectivity index (χ1) is 16.1. The summed E-state index contributed by atoms with van der Waals surface area (Å²) < 4.78 is 5.61. The number of pyridine rings is 1. The Hall–Kier alpha value is -3.07. The zero-order valence-electron chi connectivity index (χ0n) is 18.8. The number of dihydropyridines is 1. The molecule has 4 aliphatic rings. The van der Waals surface area contributed by atoms with Crippen molar-refractivity contribution in [3.63, 3.8) is 0 Å². The minimum absolute atomic E-state index is 0.107. The molecular formula is C24H31N5O4. The molecule has 5 rings (SSSR count). The average molecular weight is 454 g/mol. The van der Waals surface area contributed by atoms with Crippen molar-refractivity contribution >= 4 is 12.0 Å². The number of allylic oxidation sites excluding steroid dienone is 3. The van der Waals surface area contributed by atoms with E-state index in [9.17, 15) is 14.7 Å². The first kappa shape index (κ1) is 21.8. The first-order valence-electron chi connectivity index (χ1n) is 11.9. The summed E-state index contributed by atoms with van der Waals surface area (Å²) in [6.07, 6.45) is 11.0. The first-order valence-corrected chi connectivity index (χ1v) is 11.9. The highest BCUT2D eigenvalue weighted by Crippen LogP contribution is 2.33. The predicted octanol–water partition coefficient (Wildman–Crippen LogP) is 2.17. The number of amides is 2. The fourth-order valence-electron chi connectivity index (χ4n) is 5.11. The molecule has 1 unspecified atom stereocenters. The molecule has 1 aromatic heterocycles. The number of aromatic nitrogens is 1. The van der Waals surface area contributed by atoms with Crippen molar-refractivity contribution in [1.29, 1.82) is 0 Å². The molecule has 0 radical (unpaired) electrons. The van der Waals surface area contributed by atoms with Gasteiger partial charge in [0.1, 0.15) is 5.75 Å². The third-order valence-electron chi connectivity index (χ3n) is 6.87. The number of nitrogens with zero attached hydrogens (tertiary/aromatic N) is 3. The third kappa shape index (κ3) is 4.68. The maximum absolute atomic E-state index is 13.2. The van der Waals surface area contributed by atoms with Crippen LogP contribution in [0, 0.1) is 0 Å². The van der Waals surface area contributed by atoms with Crippen molar-refractivity contribution in [2.75, 3.05) is 32.8 Å². The molecule has 2 atom stereocenters. The van der Waals surface area contributed by atoms with Gasteiger partial charge in [-0.05, 0) is 55.5 Å². The SMILES string of the molecule is O=C(O)C[C@@H](c1cnc2c(c1)OCC2)N1CCN(CCCC2=CC=C3CCCNC3N2)C1=O. The number of aliphatic carboxylic acids is 1. The number of hydrogen-bond acceptors (Lipinski definition) is 6. The standard InChI is InChI=1S/C24H31N5O4/c30-22(31)14-20(17-13-21-19(26-15-17)7-12-33-21)29-11-10-28(24(29)32)9-2-4-18-6-5-16-3-1-8-25-23(16)27-18/h5-6,13,15,20,23,25,27H,1-4,7-12,14H2,(H,30,31)/t20-,23?/m0/s1. The van der Waals surface area contributed by atoms with Crippen LogP contribution in [0.1, 0.15) is 49.4 Å². The number of fused-ring (bicyclic) bond motifs is 2. The van der Waals surface area contributed by atoms with E-state index in [0.29, 0.717) is 37.6 Å². The lowest BCUT2D eigenvalue weighted by molar-refractivity contribution is -0.138. The molecule has 4 aliphatic heterocycles. The molecule has 33 heavy (non-hydrogen) atoms. The van der Waals surface area contributed by atoms with E-state index >= 15 is 0 Å². The zero-order valence-corrected chi connectivity index (χ0v) is 18.8. The number of carbonyl (C=O) groups is 2. The van der Waals surface area contributed by atoms with Gasteiger partial charge in [-0.25, -0.2) is 4.79 Å². The number of piperidine rings is 1. The van der Waals surface area contributed by atoms with Gasteiger partial charge in [0.2, 0.25) is 0 Å². The van der Waals surface area contributed by atoms with Crippen LogP contribution < -0.4 is 15.4 Å². The van der Waals surface area contributed by atoms with E-state index in [2.05, 4.69) is 27.8 Å². The van der Waals surface area contributed by atoms with Crippen molar-refractivity contribution in [2.45, 2.75) is 50.7 Å². The summed E-state index contributed by atoms with van der Waals surface area (Å²) in [5, 5.41) is 16.6. The summed E-state index contributed by atoms with van der Waals surface area (Å²) in [5.41, 5.74) is 4.20. The largest absolute Gasteiger partial charge is 0.491 e. The smallest absolute Gasteiger partial charge is 0.320 e. The van der Waals surface area contributed by atoms with E-state index in [4.69, 9.17) is 4.74 Å². The van der Waals surface area contributed by atoms with Gasteiger partial charge in [0.15, 0.2) is 0 Å². The Balaban J connectivity index is 1.20. The molecule has 5 heterocycles. The van der Waals surface area contributed by atoms with Crippen LogP contribution in [0.5, 0.6) is 5.75 Å². The van der Waals surface area contributed by atoms with Gasteiger partial charge in [0.05, 0.1) is 30.9 Å². The van der Waals surface area contributed by atoms with Crippen molar-refractivity contribution < 1.29 is 19.4 Å². The zero-order chi connectivity index (χ0) is 22.8. The van der Waals surface area contributed by atoms with Crippen LogP contribution in [0.4, 0.5) is 4.79 Å². The summed E-state index contributed by atoms with van der Waals surface area (Å²) in [6, 6.07) is 1.19. The van der Waals surface area contributed by atoms with E-state index in [1.165, 1.54) is 17.7 Å². The van der Waals surface area contributed by atoms with Crippen molar-refractivity contribution in [3.05, 3.63) is 46.9 Å². The highest BCUT2D eigenvalue weighted by molar-refractivity contribution is 5.78. The molecular weight excluding hydrogens is 422 g/mol. The predicted molar refractivity (Wildman–Crippen MR) is 122 cm³/mol. The number of carbonyl (C=O) groups excluding carboxylic acids is 1. The Bertz CT molecular complexity index is 991. The van der Waals surface area contributed by atoms with Crippen LogP contribution in [0.15, 0.2) is 35.7 Å². The van der Waals surface area contributed by atoms with E-state index in [-0.39, 0.29) is 18.6 Å². The van der Waals surface area contributed by atoms with Crippen molar-refractivity contribution in [2.24, 2.45) is 0 Å². The van der Waals surface area contributed by atoms with Crippen LogP contribution in [-0.4, -0.2) is 70.8 Å². The van der Waals surface area contributed by atoms with Gasteiger partial charge >= 0.3 is 12.0 Å². The average Bonchev–Trinajstić information content (AvgIpc) is 3.43. The monoisotopic (exact) mass is 453 g/mol. The highest BCUT2D eigenvalue weighted by atomic mass is 16.5. The summed E-state index contributed by atoms with van der Waals surface area (Å²) in [6.45, 7) is 3.38. The third-order valence-corrected chi connectivity index (χ3v) is 6.87. The lowest BCUT2D eigenvalue weighted by Crippen LogP contribution is -2.47. The molecule has 0 bridgehead atoms. The minimum Gasteiger partial charge on any atom is -0.491 e.